The third-order valence-electron chi connectivity index (χ3n) is 3.21. The van der Waals surface area contributed by atoms with Crippen LogP contribution in [-0.4, -0.2) is 31.1 Å². The molecule has 0 aromatic rings. The van der Waals surface area contributed by atoms with Crippen LogP contribution in [0.25, 0.3) is 0 Å². The molecule has 2 heteroatoms. The molecule has 2 nitrogen and oxygen atoms in total. The second-order valence-electron chi connectivity index (χ2n) is 5.08. The van der Waals surface area contributed by atoms with Gasteiger partial charge < -0.3 is 10.6 Å². The average molecular weight is 198 g/mol. The number of hydrogen-bond acceptors (Lipinski definition) is 2. The lowest BCUT2D eigenvalue weighted by atomic mass is 10.1. The lowest BCUT2D eigenvalue weighted by Crippen LogP contribution is -2.24. The Hall–Kier alpha value is -0.0800. The summed E-state index contributed by atoms with van der Waals surface area (Å²) in [5.41, 5.74) is 5.66. The molecule has 0 aromatic heterocycles. The van der Waals surface area contributed by atoms with E-state index in [0.29, 0.717) is 0 Å². The van der Waals surface area contributed by atoms with Crippen molar-refractivity contribution in [1.82, 2.24) is 4.90 Å². The molecule has 0 radical (unpaired) electrons. The molecule has 2 N–H and O–H groups in total. The molecule has 1 rings (SSSR count). The van der Waals surface area contributed by atoms with Crippen LogP contribution in [0, 0.1) is 11.8 Å². The average Bonchev–Trinajstić information content (AvgIpc) is 2.60. The second-order valence-corrected chi connectivity index (χ2v) is 5.08. The first-order chi connectivity index (χ1) is 6.72. The molecule has 14 heavy (non-hydrogen) atoms. The Balaban J connectivity index is 1.97. The lowest BCUT2D eigenvalue weighted by molar-refractivity contribution is 0.313. The molecule has 0 aromatic carbocycles. The first kappa shape index (κ1) is 12.0. The molecule has 1 unspecified atom stereocenters. The SMILES string of the molecule is CC(C)CCCCN1CCC(CN)C1. The maximum atomic E-state index is 5.66. The van der Waals surface area contributed by atoms with Crippen LogP contribution in [0.15, 0.2) is 0 Å². The maximum Gasteiger partial charge on any atom is 0.00222 e. The van der Waals surface area contributed by atoms with Gasteiger partial charge in [-0.1, -0.05) is 26.7 Å². The van der Waals surface area contributed by atoms with Gasteiger partial charge >= 0.3 is 0 Å². The van der Waals surface area contributed by atoms with Crippen molar-refractivity contribution < 1.29 is 0 Å². The van der Waals surface area contributed by atoms with Gasteiger partial charge in [-0.2, -0.15) is 0 Å². The van der Waals surface area contributed by atoms with Gasteiger partial charge in [0.05, 0.1) is 0 Å². The molecule has 0 bridgehead atoms. The van der Waals surface area contributed by atoms with E-state index in [-0.39, 0.29) is 0 Å². The highest BCUT2D eigenvalue weighted by Crippen LogP contribution is 2.16. The highest BCUT2D eigenvalue weighted by Gasteiger charge is 2.20. The van der Waals surface area contributed by atoms with E-state index < -0.39 is 0 Å². The molecule has 1 atom stereocenters. The predicted octanol–water partition coefficient (Wildman–Crippen LogP) is 2.09. The van der Waals surface area contributed by atoms with Gasteiger partial charge in [0.1, 0.15) is 0 Å². The topological polar surface area (TPSA) is 29.3 Å². The van der Waals surface area contributed by atoms with E-state index in [1.165, 1.54) is 45.3 Å². The van der Waals surface area contributed by atoms with E-state index in [1.54, 1.807) is 0 Å². The van der Waals surface area contributed by atoms with Crippen molar-refractivity contribution in [2.45, 2.75) is 39.5 Å². The Labute approximate surface area is 88.8 Å². The molecule has 0 spiro atoms. The van der Waals surface area contributed by atoms with Gasteiger partial charge in [0.2, 0.25) is 0 Å². The molecule has 0 saturated carbocycles. The summed E-state index contributed by atoms with van der Waals surface area (Å²) in [7, 11) is 0. The predicted molar refractivity (Wildman–Crippen MR) is 62.3 cm³/mol. The van der Waals surface area contributed by atoms with Gasteiger partial charge in [-0.25, -0.2) is 0 Å². The quantitative estimate of drug-likeness (QED) is 0.662. The molecule has 84 valence electrons. The number of nitrogens with zero attached hydrogens (tertiary/aromatic N) is 1. The summed E-state index contributed by atoms with van der Waals surface area (Å²) in [5, 5.41) is 0. The molecule has 1 heterocycles. The van der Waals surface area contributed by atoms with E-state index in [1.807, 2.05) is 0 Å². The summed E-state index contributed by atoms with van der Waals surface area (Å²) in [4.78, 5) is 2.58. The Kier molecular flexibility index (Phi) is 5.49. The van der Waals surface area contributed by atoms with E-state index in [2.05, 4.69) is 18.7 Å². The second kappa shape index (κ2) is 6.41. The summed E-state index contributed by atoms with van der Waals surface area (Å²) in [6.07, 6.45) is 5.46. The van der Waals surface area contributed by atoms with Crippen molar-refractivity contribution in [2.24, 2.45) is 17.6 Å². The largest absolute Gasteiger partial charge is 0.330 e. The third-order valence-corrected chi connectivity index (χ3v) is 3.21. The van der Waals surface area contributed by atoms with Crippen LogP contribution >= 0.6 is 0 Å². The monoisotopic (exact) mass is 198 g/mol. The number of unbranched alkanes of at least 4 members (excludes halogenated alkanes) is 1. The Bertz CT molecular complexity index is 145. The minimum absolute atomic E-state index is 0.778. The van der Waals surface area contributed by atoms with Crippen LogP contribution in [0.2, 0.25) is 0 Å². The van der Waals surface area contributed by atoms with Crippen LogP contribution in [0.4, 0.5) is 0 Å². The number of nitrogens with two attached hydrogens (primary N) is 1. The number of rotatable bonds is 6. The normalized spacial score (nSPS) is 23.6. The van der Waals surface area contributed by atoms with E-state index in [0.717, 1.165) is 18.4 Å². The Morgan fingerprint density at radius 2 is 2.14 bits per heavy atom. The third kappa shape index (κ3) is 4.43. The highest BCUT2D eigenvalue weighted by molar-refractivity contribution is 4.75. The van der Waals surface area contributed by atoms with Gasteiger partial charge in [0, 0.05) is 6.54 Å². The van der Waals surface area contributed by atoms with Crippen molar-refractivity contribution in [3.63, 3.8) is 0 Å². The summed E-state index contributed by atoms with van der Waals surface area (Å²) >= 11 is 0. The maximum absolute atomic E-state index is 5.66. The van der Waals surface area contributed by atoms with Crippen molar-refractivity contribution in [2.75, 3.05) is 26.2 Å². The van der Waals surface area contributed by atoms with Crippen molar-refractivity contribution in [3.05, 3.63) is 0 Å². The highest BCUT2D eigenvalue weighted by atomic mass is 15.1. The standard InChI is InChI=1S/C12H26N2/c1-11(2)5-3-4-7-14-8-6-12(9-13)10-14/h11-12H,3-10,13H2,1-2H3. The van der Waals surface area contributed by atoms with Crippen LogP contribution in [-0.2, 0) is 0 Å². The zero-order valence-electron chi connectivity index (χ0n) is 9.84. The van der Waals surface area contributed by atoms with E-state index >= 15 is 0 Å². The summed E-state index contributed by atoms with van der Waals surface area (Å²) in [5.74, 6) is 1.64. The zero-order valence-corrected chi connectivity index (χ0v) is 9.84. The fourth-order valence-electron chi connectivity index (χ4n) is 2.20. The van der Waals surface area contributed by atoms with Crippen LogP contribution in [0.1, 0.15) is 39.5 Å². The van der Waals surface area contributed by atoms with Crippen LogP contribution in [0.3, 0.4) is 0 Å². The lowest BCUT2D eigenvalue weighted by Gasteiger charge is -2.15. The first-order valence-corrected chi connectivity index (χ1v) is 6.14. The summed E-state index contributed by atoms with van der Waals surface area (Å²) in [6, 6.07) is 0. The zero-order chi connectivity index (χ0) is 10.4. The van der Waals surface area contributed by atoms with Gasteiger partial charge in [-0.15, -0.1) is 0 Å². The molecule has 1 aliphatic heterocycles. The van der Waals surface area contributed by atoms with Gasteiger partial charge in [0.25, 0.3) is 0 Å². The number of likely N-dealkylation sites (tertiary alicyclic amines) is 1. The fraction of sp³-hybridized carbons (Fsp3) is 1.00. The minimum Gasteiger partial charge on any atom is -0.330 e. The van der Waals surface area contributed by atoms with Crippen molar-refractivity contribution >= 4 is 0 Å². The molecular formula is C12H26N2. The Morgan fingerprint density at radius 1 is 1.36 bits per heavy atom. The van der Waals surface area contributed by atoms with Crippen LogP contribution < -0.4 is 5.73 Å². The van der Waals surface area contributed by atoms with Gasteiger partial charge in [-0.05, 0) is 44.3 Å². The van der Waals surface area contributed by atoms with Gasteiger partial charge in [0.15, 0.2) is 0 Å². The molecule has 0 aliphatic carbocycles. The molecule has 1 fully saturated rings. The summed E-state index contributed by atoms with van der Waals surface area (Å²) in [6.45, 7) is 9.31. The van der Waals surface area contributed by atoms with Crippen LogP contribution in [0.5, 0.6) is 0 Å². The first-order valence-electron chi connectivity index (χ1n) is 6.14. The van der Waals surface area contributed by atoms with Crippen molar-refractivity contribution in [1.29, 1.82) is 0 Å². The number of hydrogen-bond donors (Lipinski definition) is 1. The molecule has 0 amide bonds. The minimum atomic E-state index is 0.778. The van der Waals surface area contributed by atoms with Gasteiger partial charge in [-0.3, -0.25) is 0 Å². The fourth-order valence-corrected chi connectivity index (χ4v) is 2.20. The van der Waals surface area contributed by atoms with Crippen molar-refractivity contribution in [3.8, 4) is 0 Å². The molecule has 1 saturated heterocycles. The van der Waals surface area contributed by atoms with E-state index in [4.69, 9.17) is 5.73 Å². The summed E-state index contributed by atoms with van der Waals surface area (Å²) < 4.78 is 0. The molecular weight excluding hydrogens is 172 g/mol. The molecule has 1 aliphatic rings. The van der Waals surface area contributed by atoms with E-state index in [9.17, 15) is 0 Å². The smallest absolute Gasteiger partial charge is 0.00222 e. The Morgan fingerprint density at radius 3 is 2.71 bits per heavy atom.